The molecule has 1 unspecified atom stereocenters. The molecule has 0 aliphatic heterocycles. The van der Waals surface area contributed by atoms with Gasteiger partial charge in [0.1, 0.15) is 0 Å². The molecule has 1 aliphatic carbocycles. The number of methoxy groups -OCH3 is 2. The predicted octanol–water partition coefficient (Wildman–Crippen LogP) is 4.03. The second-order valence-corrected chi connectivity index (χ2v) is 6.53. The van der Waals surface area contributed by atoms with Crippen LogP contribution in [0, 0.1) is 5.41 Å². The second kappa shape index (κ2) is 6.23. The standard InChI is InChI=1S/C16H24ClNO2/c1-16(2)7-5-6-14(16)18-10-11-8-12(17)15(20-4)13(9-11)19-3/h8-9,14,18H,5-7,10H2,1-4H3. The number of hydrogen-bond donors (Lipinski definition) is 1. The monoisotopic (exact) mass is 297 g/mol. The first kappa shape index (κ1) is 15.5. The number of benzene rings is 1. The molecule has 1 aliphatic rings. The molecule has 0 heterocycles. The van der Waals surface area contributed by atoms with Gasteiger partial charge < -0.3 is 14.8 Å². The fourth-order valence-corrected chi connectivity index (χ4v) is 3.33. The zero-order valence-corrected chi connectivity index (χ0v) is 13.5. The maximum Gasteiger partial charge on any atom is 0.179 e. The number of hydrogen-bond acceptors (Lipinski definition) is 3. The van der Waals surface area contributed by atoms with Crippen LogP contribution in [0.15, 0.2) is 12.1 Å². The summed E-state index contributed by atoms with van der Waals surface area (Å²) in [5, 5.41) is 4.24. The van der Waals surface area contributed by atoms with Crippen LogP contribution >= 0.6 is 11.6 Å². The molecule has 4 heteroatoms. The summed E-state index contributed by atoms with van der Waals surface area (Å²) in [6.07, 6.45) is 3.84. The molecule has 2 rings (SSSR count). The Hall–Kier alpha value is -0.930. The van der Waals surface area contributed by atoms with Crippen LogP contribution < -0.4 is 14.8 Å². The minimum atomic E-state index is 0.375. The van der Waals surface area contributed by atoms with Gasteiger partial charge >= 0.3 is 0 Å². The molecule has 20 heavy (non-hydrogen) atoms. The van der Waals surface area contributed by atoms with Crippen molar-refractivity contribution in [3.05, 3.63) is 22.7 Å². The normalized spacial score (nSPS) is 20.9. The van der Waals surface area contributed by atoms with Crippen molar-refractivity contribution in [2.24, 2.45) is 5.41 Å². The summed E-state index contributed by atoms with van der Waals surface area (Å²) < 4.78 is 10.6. The summed E-state index contributed by atoms with van der Waals surface area (Å²) in [5.41, 5.74) is 1.50. The Labute approximate surface area is 126 Å². The third-order valence-electron chi connectivity index (χ3n) is 4.30. The Morgan fingerprint density at radius 1 is 1.30 bits per heavy atom. The molecule has 0 saturated heterocycles. The maximum atomic E-state index is 6.23. The molecule has 0 bridgehead atoms. The molecule has 112 valence electrons. The van der Waals surface area contributed by atoms with Crippen molar-refractivity contribution in [2.75, 3.05) is 14.2 Å². The zero-order chi connectivity index (χ0) is 14.8. The van der Waals surface area contributed by atoms with Gasteiger partial charge in [-0.15, -0.1) is 0 Å². The minimum absolute atomic E-state index is 0.375. The van der Waals surface area contributed by atoms with Gasteiger partial charge in [0.25, 0.3) is 0 Å². The van der Waals surface area contributed by atoms with Crippen LogP contribution in [-0.2, 0) is 6.54 Å². The summed E-state index contributed by atoms with van der Waals surface area (Å²) in [4.78, 5) is 0. The second-order valence-electron chi connectivity index (χ2n) is 6.13. The van der Waals surface area contributed by atoms with Crippen LogP contribution in [0.2, 0.25) is 5.02 Å². The fourth-order valence-electron chi connectivity index (χ4n) is 3.02. The SMILES string of the molecule is COc1cc(CNC2CCCC2(C)C)cc(Cl)c1OC. The lowest BCUT2D eigenvalue weighted by molar-refractivity contribution is 0.282. The van der Waals surface area contributed by atoms with E-state index in [1.807, 2.05) is 12.1 Å². The van der Waals surface area contributed by atoms with Crippen LogP contribution in [0.5, 0.6) is 11.5 Å². The van der Waals surface area contributed by atoms with Gasteiger partial charge in [0, 0.05) is 12.6 Å². The molecule has 1 aromatic carbocycles. The number of nitrogens with one attached hydrogen (secondary N) is 1. The Bertz CT molecular complexity index is 474. The van der Waals surface area contributed by atoms with Gasteiger partial charge in [0.2, 0.25) is 0 Å². The van der Waals surface area contributed by atoms with Crippen LogP contribution in [0.25, 0.3) is 0 Å². The van der Waals surface area contributed by atoms with E-state index in [0.29, 0.717) is 28.0 Å². The quantitative estimate of drug-likeness (QED) is 0.890. The molecule has 0 radical (unpaired) electrons. The number of halogens is 1. The third kappa shape index (κ3) is 3.21. The summed E-state index contributed by atoms with van der Waals surface area (Å²) in [6.45, 7) is 5.46. The first-order valence-corrected chi connectivity index (χ1v) is 7.49. The van der Waals surface area contributed by atoms with Gasteiger partial charge in [-0.05, 0) is 36.0 Å². The van der Waals surface area contributed by atoms with E-state index in [0.717, 1.165) is 12.1 Å². The maximum absolute atomic E-state index is 6.23. The molecule has 3 nitrogen and oxygen atoms in total. The smallest absolute Gasteiger partial charge is 0.179 e. The molecule has 0 aromatic heterocycles. The van der Waals surface area contributed by atoms with E-state index in [-0.39, 0.29) is 0 Å². The minimum Gasteiger partial charge on any atom is -0.493 e. The van der Waals surface area contributed by atoms with E-state index in [1.165, 1.54) is 19.3 Å². The first-order valence-electron chi connectivity index (χ1n) is 7.11. The van der Waals surface area contributed by atoms with Crippen LogP contribution in [0.4, 0.5) is 0 Å². The van der Waals surface area contributed by atoms with Gasteiger partial charge in [0.05, 0.1) is 19.2 Å². The highest BCUT2D eigenvalue weighted by molar-refractivity contribution is 6.32. The van der Waals surface area contributed by atoms with Gasteiger partial charge in [0.15, 0.2) is 11.5 Å². The predicted molar refractivity (Wildman–Crippen MR) is 82.8 cm³/mol. The van der Waals surface area contributed by atoms with Gasteiger partial charge in [-0.25, -0.2) is 0 Å². The fraction of sp³-hybridized carbons (Fsp3) is 0.625. The Morgan fingerprint density at radius 3 is 2.60 bits per heavy atom. The van der Waals surface area contributed by atoms with Crippen molar-refractivity contribution in [1.82, 2.24) is 5.32 Å². The molecule has 1 fully saturated rings. The molecule has 0 spiro atoms. The average Bonchev–Trinajstić information content (AvgIpc) is 2.74. The van der Waals surface area contributed by atoms with E-state index >= 15 is 0 Å². The molecular formula is C16H24ClNO2. The van der Waals surface area contributed by atoms with Crippen molar-refractivity contribution < 1.29 is 9.47 Å². The molecule has 1 saturated carbocycles. The molecule has 0 amide bonds. The van der Waals surface area contributed by atoms with E-state index < -0.39 is 0 Å². The zero-order valence-electron chi connectivity index (χ0n) is 12.8. The topological polar surface area (TPSA) is 30.5 Å². The number of rotatable bonds is 5. The first-order chi connectivity index (χ1) is 9.47. The Balaban J connectivity index is 2.08. The van der Waals surface area contributed by atoms with Crippen molar-refractivity contribution in [1.29, 1.82) is 0 Å². The van der Waals surface area contributed by atoms with E-state index in [4.69, 9.17) is 21.1 Å². The van der Waals surface area contributed by atoms with E-state index in [9.17, 15) is 0 Å². The molecule has 1 aromatic rings. The van der Waals surface area contributed by atoms with E-state index in [2.05, 4.69) is 19.2 Å². The lowest BCUT2D eigenvalue weighted by Crippen LogP contribution is -2.37. The van der Waals surface area contributed by atoms with Gasteiger partial charge in [-0.1, -0.05) is 31.9 Å². The van der Waals surface area contributed by atoms with Crippen LogP contribution in [-0.4, -0.2) is 20.3 Å². The number of ether oxygens (including phenoxy) is 2. The average molecular weight is 298 g/mol. The Kier molecular flexibility index (Phi) is 4.82. The largest absolute Gasteiger partial charge is 0.493 e. The van der Waals surface area contributed by atoms with Crippen molar-refractivity contribution >= 4 is 11.6 Å². The van der Waals surface area contributed by atoms with Crippen molar-refractivity contribution in [3.8, 4) is 11.5 Å². The third-order valence-corrected chi connectivity index (χ3v) is 4.58. The van der Waals surface area contributed by atoms with Crippen molar-refractivity contribution in [3.63, 3.8) is 0 Å². The molecular weight excluding hydrogens is 274 g/mol. The summed E-state index contributed by atoms with van der Waals surface area (Å²) in [7, 11) is 3.23. The summed E-state index contributed by atoms with van der Waals surface area (Å²) in [5.74, 6) is 1.28. The van der Waals surface area contributed by atoms with Gasteiger partial charge in [-0.3, -0.25) is 0 Å². The van der Waals surface area contributed by atoms with Crippen molar-refractivity contribution in [2.45, 2.75) is 45.7 Å². The lowest BCUT2D eigenvalue weighted by atomic mass is 9.87. The highest BCUT2D eigenvalue weighted by Gasteiger charge is 2.33. The lowest BCUT2D eigenvalue weighted by Gasteiger charge is -2.28. The Morgan fingerprint density at radius 2 is 2.05 bits per heavy atom. The molecule has 1 N–H and O–H groups in total. The van der Waals surface area contributed by atoms with Crippen LogP contribution in [0.1, 0.15) is 38.7 Å². The molecule has 1 atom stereocenters. The van der Waals surface area contributed by atoms with E-state index in [1.54, 1.807) is 14.2 Å². The summed E-state index contributed by atoms with van der Waals surface area (Å²) in [6, 6.07) is 4.49. The van der Waals surface area contributed by atoms with Gasteiger partial charge in [-0.2, -0.15) is 0 Å². The van der Waals surface area contributed by atoms with Crippen LogP contribution in [0.3, 0.4) is 0 Å². The highest BCUT2D eigenvalue weighted by atomic mass is 35.5. The summed E-state index contributed by atoms with van der Waals surface area (Å²) >= 11 is 6.23. The highest BCUT2D eigenvalue weighted by Crippen LogP contribution is 2.38.